The summed E-state index contributed by atoms with van der Waals surface area (Å²) >= 11 is 0. The lowest BCUT2D eigenvalue weighted by molar-refractivity contribution is 0.255. The van der Waals surface area contributed by atoms with Gasteiger partial charge in [0.25, 0.3) is 5.56 Å². The number of anilines is 2. The molecule has 0 spiro atoms. The van der Waals surface area contributed by atoms with Gasteiger partial charge in [0.2, 0.25) is 5.95 Å². The molecule has 0 bridgehead atoms. The number of piperidine rings is 1. The van der Waals surface area contributed by atoms with Crippen molar-refractivity contribution >= 4 is 22.7 Å². The molecule has 8 heteroatoms. The molecular formula is C32H33N7O. The van der Waals surface area contributed by atoms with Crippen molar-refractivity contribution in [2.45, 2.75) is 39.2 Å². The van der Waals surface area contributed by atoms with E-state index in [0.29, 0.717) is 29.6 Å². The van der Waals surface area contributed by atoms with Crippen molar-refractivity contribution in [3.63, 3.8) is 0 Å². The Bertz CT molecular complexity index is 1700. The fourth-order valence-electron chi connectivity index (χ4n) is 5.50. The van der Waals surface area contributed by atoms with E-state index in [4.69, 9.17) is 4.98 Å². The Hall–Kier alpha value is -4.43. The van der Waals surface area contributed by atoms with Crippen LogP contribution in [0, 0.1) is 6.92 Å². The summed E-state index contributed by atoms with van der Waals surface area (Å²) in [6.07, 6.45) is 7.67. The summed E-state index contributed by atoms with van der Waals surface area (Å²) in [5, 5.41) is 4.11. The number of fused-ring (bicyclic) bond motifs is 1. The summed E-state index contributed by atoms with van der Waals surface area (Å²) in [5.74, 6) is 1.08. The number of hydrogen-bond donors (Lipinski definition) is 1. The minimum Gasteiger partial charge on any atom is -0.324 e. The smallest absolute Gasteiger partial charge is 0.260 e. The Balaban J connectivity index is 1.26. The van der Waals surface area contributed by atoms with Gasteiger partial charge in [-0.3, -0.25) is 19.3 Å². The van der Waals surface area contributed by atoms with E-state index in [-0.39, 0.29) is 5.56 Å². The number of nitrogens with one attached hydrogen (secondary N) is 1. The molecule has 1 aliphatic heterocycles. The van der Waals surface area contributed by atoms with Crippen LogP contribution in [0.5, 0.6) is 0 Å². The molecule has 4 aromatic heterocycles. The van der Waals surface area contributed by atoms with Gasteiger partial charge >= 0.3 is 0 Å². The second-order valence-corrected chi connectivity index (χ2v) is 10.5. The Morgan fingerprint density at radius 2 is 1.75 bits per heavy atom. The number of aromatic nitrogens is 5. The highest BCUT2D eigenvalue weighted by Crippen LogP contribution is 2.29. The monoisotopic (exact) mass is 531 g/mol. The molecule has 0 aliphatic carbocycles. The van der Waals surface area contributed by atoms with Crippen molar-refractivity contribution in [2.24, 2.45) is 0 Å². The maximum Gasteiger partial charge on any atom is 0.260 e. The van der Waals surface area contributed by atoms with Crippen molar-refractivity contribution in [3.8, 4) is 22.4 Å². The summed E-state index contributed by atoms with van der Waals surface area (Å²) < 4.78 is 1.69. The van der Waals surface area contributed by atoms with Gasteiger partial charge < -0.3 is 10.2 Å². The zero-order valence-electron chi connectivity index (χ0n) is 23.1. The van der Waals surface area contributed by atoms with Crippen LogP contribution in [0.15, 0.2) is 78.0 Å². The Kier molecular flexibility index (Phi) is 7.09. The second-order valence-electron chi connectivity index (χ2n) is 10.5. The zero-order chi connectivity index (χ0) is 27.6. The Morgan fingerprint density at radius 1 is 0.950 bits per heavy atom. The number of pyridine rings is 3. The molecule has 1 aliphatic rings. The Labute approximate surface area is 233 Å². The lowest BCUT2D eigenvalue weighted by Crippen LogP contribution is -2.29. The van der Waals surface area contributed by atoms with E-state index >= 15 is 0 Å². The van der Waals surface area contributed by atoms with E-state index in [2.05, 4.69) is 56.5 Å². The van der Waals surface area contributed by atoms with Gasteiger partial charge in [-0.05, 0) is 94.7 Å². The molecule has 40 heavy (non-hydrogen) atoms. The quantitative estimate of drug-likeness (QED) is 0.296. The summed E-state index contributed by atoms with van der Waals surface area (Å²) in [4.78, 5) is 34.2. The van der Waals surface area contributed by atoms with Crippen LogP contribution in [-0.2, 0) is 6.54 Å². The van der Waals surface area contributed by atoms with Gasteiger partial charge in [-0.2, -0.15) is 4.98 Å². The van der Waals surface area contributed by atoms with E-state index in [9.17, 15) is 4.79 Å². The third-order valence-corrected chi connectivity index (χ3v) is 7.86. The fraction of sp³-hybridized carbons (Fsp3) is 0.281. The van der Waals surface area contributed by atoms with E-state index in [1.54, 1.807) is 23.2 Å². The number of rotatable bonds is 6. The van der Waals surface area contributed by atoms with Crippen LogP contribution >= 0.6 is 0 Å². The van der Waals surface area contributed by atoms with Crippen LogP contribution in [-0.4, -0.2) is 49.5 Å². The van der Waals surface area contributed by atoms with Crippen LogP contribution < -0.4 is 10.9 Å². The van der Waals surface area contributed by atoms with Gasteiger partial charge in [0.05, 0.1) is 5.69 Å². The zero-order valence-corrected chi connectivity index (χ0v) is 23.1. The van der Waals surface area contributed by atoms with Crippen molar-refractivity contribution in [3.05, 3.63) is 94.8 Å². The average Bonchev–Trinajstić information content (AvgIpc) is 2.98. The number of likely N-dealkylation sites (tertiary alicyclic amines) is 1. The third-order valence-electron chi connectivity index (χ3n) is 7.86. The summed E-state index contributed by atoms with van der Waals surface area (Å²) in [7, 11) is 2.19. The van der Waals surface area contributed by atoms with Crippen LogP contribution in [0.2, 0.25) is 0 Å². The minimum absolute atomic E-state index is 0.103. The molecule has 1 aromatic carbocycles. The van der Waals surface area contributed by atoms with Gasteiger partial charge in [0.15, 0.2) is 0 Å². The first-order valence-corrected chi connectivity index (χ1v) is 13.8. The molecule has 1 N–H and O–H groups in total. The average molecular weight is 532 g/mol. The standard InChI is InChI=1S/C32H33N7O/c1-4-39-30-25(18-28(31(39)40)24-9-12-29(34-19-24)27-6-5-15-33-21(27)2)20-35-32(37-30)36-26-10-7-22(8-11-26)23-13-16-38(3)17-14-23/h5-12,15,18-20,23H,4,13-14,16-17H2,1-3H3,(H,35,36,37). The van der Waals surface area contributed by atoms with Crippen LogP contribution in [0.4, 0.5) is 11.6 Å². The van der Waals surface area contributed by atoms with Crippen molar-refractivity contribution in [1.82, 2.24) is 29.4 Å². The molecule has 1 saturated heterocycles. The number of nitrogens with zero attached hydrogens (tertiary/aromatic N) is 6. The lowest BCUT2D eigenvalue weighted by atomic mass is 9.89. The molecule has 6 rings (SSSR count). The van der Waals surface area contributed by atoms with Gasteiger partial charge in [0, 0.05) is 58.6 Å². The molecular weight excluding hydrogens is 498 g/mol. The van der Waals surface area contributed by atoms with E-state index in [0.717, 1.165) is 46.7 Å². The molecule has 1 fully saturated rings. The van der Waals surface area contributed by atoms with Gasteiger partial charge in [-0.25, -0.2) is 4.98 Å². The molecule has 0 radical (unpaired) electrons. The summed E-state index contributed by atoms with van der Waals surface area (Å²) in [5.41, 5.74) is 6.85. The third kappa shape index (κ3) is 5.10. The van der Waals surface area contributed by atoms with Crippen LogP contribution in [0.3, 0.4) is 0 Å². The van der Waals surface area contributed by atoms with Crippen molar-refractivity contribution in [2.75, 3.05) is 25.5 Å². The first kappa shape index (κ1) is 25.8. The largest absolute Gasteiger partial charge is 0.324 e. The molecule has 8 nitrogen and oxygen atoms in total. The minimum atomic E-state index is -0.103. The maximum absolute atomic E-state index is 13.5. The number of hydrogen-bond acceptors (Lipinski definition) is 7. The maximum atomic E-state index is 13.5. The molecule has 0 saturated carbocycles. The number of aryl methyl sites for hydroxylation is 2. The van der Waals surface area contributed by atoms with Crippen molar-refractivity contribution in [1.29, 1.82) is 0 Å². The first-order chi connectivity index (χ1) is 19.5. The molecule has 5 heterocycles. The first-order valence-electron chi connectivity index (χ1n) is 13.8. The van der Waals surface area contributed by atoms with Gasteiger partial charge in [-0.1, -0.05) is 18.2 Å². The molecule has 5 aromatic rings. The molecule has 0 unspecified atom stereocenters. The molecule has 0 amide bonds. The normalized spacial score (nSPS) is 14.5. The SMILES string of the molecule is CCn1c(=O)c(-c2ccc(-c3cccnc3C)nc2)cc2cnc(Nc3ccc(C4CCN(C)CC4)cc3)nc21. The van der Waals surface area contributed by atoms with Gasteiger partial charge in [-0.15, -0.1) is 0 Å². The molecule has 202 valence electrons. The highest BCUT2D eigenvalue weighted by atomic mass is 16.1. The fourth-order valence-corrected chi connectivity index (χ4v) is 5.50. The molecule has 0 atom stereocenters. The van der Waals surface area contributed by atoms with E-state index in [1.165, 1.54) is 18.4 Å². The summed E-state index contributed by atoms with van der Waals surface area (Å²) in [6.45, 7) is 6.69. The van der Waals surface area contributed by atoms with Crippen molar-refractivity contribution < 1.29 is 0 Å². The Morgan fingerprint density at radius 3 is 2.45 bits per heavy atom. The highest BCUT2D eigenvalue weighted by molar-refractivity contribution is 5.82. The second kappa shape index (κ2) is 11.0. The highest BCUT2D eigenvalue weighted by Gasteiger charge is 2.18. The van der Waals surface area contributed by atoms with E-state index in [1.807, 2.05) is 44.2 Å². The van der Waals surface area contributed by atoms with Gasteiger partial charge in [0.1, 0.15) is 5.65 Å². The van der Waals surface area contributed by atoms with Crippen LogP contribution in [0.1, 0.15) is 36.9 Å². The topological polar surface area (TPSA) is 88.8 Å². The predicted octanol–water partition coefficient (Wildman–Crippen LogP) is 5.80. The summed E-state index contributed by atoms with van der Waals surface area (Å²) in [6, 6.07) is 18.2. The number of benzene rings is 1. The predicted molar refractivity (Wildman–Crippen MR) is 160 cm³/mol. The van der Waals surface area contributed by atoms with E-state index < -0.39 is 0 Å². The lowest BCUT2D eigenvalue weighted by Gasteiger charge is -2.29. The van der Waals surface area contributed by atoms with Crippen LogP contribution in [0.25, 0.3) is 33.4 Å².